The van der Waals surface area contributed by atoms with Crippen molar-refractivity contribution in [2.24, 2.45) is 0 Å². The Morgan fingerprint density at radius 3 is 3.00 bits per heavy atom. The van der Waals surface area contributed by atoms with Gasteiger partial charge in [0.1, 0.15) is 6.04 Å². The van der Waals surface area contributed by atoms with Gasteiger partial charge in [0, 0.05) is 17.3 Å². The molecule has 0 amide bonds. The van der Waals surface area contributed by atoms with E-state index in [2.05, 4.69) is 27.3 Å². The molecule has 0 heterocycles. The van der Waals surface area contributed by atoms with Crippen LogP contribution in [0.5, 0.6) is 0 Å². The molecule has 0 saturated carbocycles. The minimum atomic E-state index is -0.311. The maximum Gasteiger partial charge on any atom is 0.138 e. The van der Waals surface area contributed by atoms with Gasteiger partial charge in [0.2, 0.25) is 0 Å². The summed E-state index contributed by atoms with van der Waals surface area (Å²) in [5.41, 5.74) is 0.906. The van der Waals surface area contributed by atoms with Gasteiger partial charge in [0.25, 0.3) is 0 Å². The number of rotatable bonds is 4. The number of methoxy groups -OCH3 is 1. The van der Waals surface area contributed by atoms with Crippen LogP contribution in [0.1, 0.15) is 0 Å². The standard InChI is InChI=1S/C10H11BrN2O/c1-14-7-10(6-12)13-9-4-2-3-8(11)5-9/h2-5,10,13H,7H2,1H3. The van der Waals surface area contributed by atoms with Gasteiger partial charge in [0.05, 0.1) is 12.7 Å². The summed E-state index contributed by atoms with van der Waals surface area (Å²) < 4.78 is 5.88. The van der Waals surface area contributed by atoms with E-state index in [-0.39, 0.29) is 6.04 Å². The van der Waals surface area contributed by atoms with Crippen LogP contribution < -0.4 is 5.32 Å². The van der Waals surface area contributed by atoms with Crippen LogP contribution in [0.2, 0.25) is 0 Å². The van der Waals surface area contributed by atoms with Crippen LogP contribution in [-0.4, -0.2) is 19.8 Å². The average Bonchev–Trinajstić information content (AvgIpc) is 2.17. The molecule has 1 unspecified atom stereocenters. The van der Waals surface area contributed by atoms with Crippen LogP contribution in [0.25, 0.3) is 0 Å². The molecular formula is C10H11BrN2O. The fourth-order valence-electron chi connectivity index (χ4n) is 1.06. The van der Waals surface area contributed by atoms with Gasteiger partial charge in [-0.05, 0) is 18.2 Å². The Hall–Kier alpha value is -1.05. The van der Waals surface area contributed by atoms with E-state index in [9.17, 15) is 0 Å². The third kappa shape index (κ3) is 3.36. The van der Waals surface area contributed by atoms with E-state index < -0.39 is 0 Å². The van der Waals surface area contributed by atoms with Gasteiger partial charge in [-0.15, -0.1) is 0 Å². The summed E-state index contributed by atoms with van der Waals surface area (Å²) in [7, 11) is 1.58. The molecule has 1 aromatic rings. The van der Waals surface area contributed by atoms with Crippen molar-refractivity contribution in [3.63, 3.8) is 0 Å². The summed E-state index contributed by atoms with van der Waals surface area (Å²) in [4.78, 5) is 0. The third-order valence-electron chi connectivity index (χ3n) is 1.65. The molecule has 0 radical (unpaired) electrons. The van der Waals surface area contributed by atoms with Crippen molar-refractivity contribution in [3.8, 4) is 6.07 Å². The quantitative estimate of drug-likeness (QED) is 0.898. The summed E-state index contributed by atoms with van der Waals surface area (Å²) in [6.07, 6.45) is 0. The van der Waals surface area contributed by atoms with E-state index in [4.69, 9.17) is 10.00 Å². The molecular weight excluding hydrogens is 244 g/mol. The van der Waals surface area contributed by atoms with E-state index in [0.717, 1.165) is 10.2 Å². The zero-order valence-corrected chi connectivity index (χ0v) is 9.41. The predicted molar refractivity (Wildman–Crippen MR) is 59.0 cm³/mol. The Kier molecular flexibility index (Phi) is 4.44. The summed E-state index contributed by atoms with van der Waals surface area (Å²) in [5, 5.41) is 11.8. The first kappa shape index (κ1) is 11.0. The van der Waals surface area contributed by atoms with Crippen molar-refractivity contribution in [1.82, 2.24) is 0 Å². The number of halogens is 1. The summed E-state index contributed by atoms with van der Waals surface area (Å²) in [6, 6.07) is 9.48. The first-order valence-electron chi connectivity index (χ1n) is 4.17. The van der Waals surface area contributed by atoms with Gasteiger partial charge >= 0.3 is 0 Å². The maximum absolute atomic E-state index is 8.78. The highest BCUT2D eigenvalue weighted by Gasteiger charge is 2.05. The Bertz CT molecular complexity index is 335. The SMILES string of the molecule is COCC(C#N)Nc1cccc(Br)c1. The molecule has 4 heteroatoms. The van der Waals surface area contributed by atoms with E-state index in [0.29, 0.717) is 6.61 Å². The second-order valence-corrected chi connectivity index (χ2v) is 3.71. The van der Waals surface area contributed by atoms with E-state index in [1.807, 2.05) is 24.3 Å². The first-order chi connectivity index (χ1) is 6.76. The van der Waals surface area contributed by atoms with E-state index >= 15 is 0 Å². The molecule has 0 aliphatic rings. The molecule has 0 spiro atoms. The van der Waals surface area contributed by atoms with Crippen LogP contribution in [0, 0.1) is 11.3 Å². The highest BCUT2D eigenvalue weighted by molar-refractivity contribution is 9.10. The molecule has 1 atom stereocenters. The number of nitrogens with one attached hydrogen (secondary N) is 1. The van der Waals surface area contributed by atoms with Crippen molar-refractivity contribution < 1.29 is 4.74 Å². The van der Waals surface area contributed by atoms with Gasteiger partial charge in [0.15, 0.2) is 0 Å². The van der Waals surface area contributed by atoms with Crippen LogP contribution >= 0.6 is 15.9 Å². The number of hydrogen-bond donors (Lipinski definition) is 1. The number of nitriles is 1. The lowest BCUT2D eigenvalue weighted by Gasteiger charge is -2.11. The number of hydrogen-bond acceptors (Lipinski definition) is 3. The van der Waals surface area contributed by atoms with Crippen LogP contribution in [-0.2, 0) is 4.74 Å². The highest BCUT2D eigenvalue weighted by atomic mass is 79.9. The van der Waals surface area contributed by atoms with Crippen molar-refractivity contribution in [2.45, 2.75) is 6.04 Å². The van der Waals surface area contributed by atoms with Crippen molar-refractivity contribution in [2.75, 3.05) is 19.0 Å². The Balaban J connectivity index is 2.63. The van der Waals surface area contributed by atoms with Gasteiger partial charge in [-0.3, -0.25) is 0 Å². The fourth-order valence-corrected chi connectivity index (χ4v) is 1.46. The lowest BCUT2D eigenvalue weighted by atomic mass is 10.3. The van der Waals surface area contributed by atoms with E-state index in [1.54, 1.807) is 7.11 Å². The Labute approximate surface area is 91.8 Å². The molecule has 0 fully saturated rings. The molecule has 1 N–H and O–H groups in total. The topological polar surface area (TPSA) is 45.0 Å². The van der Waals surface area contributed by atoms with Crippen LogP contribution in [0.3, 0.4) is 0 Å². The monoisotopic (exact) mass is 254 g/mol. The molecule has 0 saturated heterocycles. The summed E-state index contributed by atoms with van der Waals surface area (Å²) in [5.74, 6) is 0. The van der Waals surface area contributed by atoms with Gasteiger partial charge in [-0.2, -0.15) is 5.26 Å². The number of ether oxygens (including phenoxy) is 1. The smallest absolute Gasteiger partial charge is 0.138 e. The Morgan fingerprint density at radius 2 is 2.43 bits per heavy atom. The normalized spacial score (nSPS) is 11.8. The number of benzene rings is 1. The molecule has 1 aromatic carbocycles. The lowest BCUT2D eigenvalue weighted by Crippen LogP contribution is -2.22. The van der Waals surface area contributed by atoms with Crippen LogP contribution in [0.4, 0.5) is 5.69 Å². The zero-order valence-electron chi connectivity index (χ0n) is 7.83. The third-order valence-corrected chi connectivity index (χ3v) is 2.15. The van der Waals surface area contributed by atoms with Crippen molar-refractivity contribution >= 4 is 21.6 Å². The van der Waals surface area contributed by atoms with Gasteiger partial charge in [-0.1, -0.05) is 22.0 Å². The molecule has 3 nitrogen and oxygen atoms in total. The average molecular weight is 255 g/mol. The maximum atomic E-state index is 8.78. The van der Waals surface area contributed by atoms with Crippen molar-refractivity contribution in [3.05, 3.63) is 28.7 Å². The fraction of sp³-hybridized carbons (Fsp3) is 0.300. The largest absolute Gasteiger partial charge is 0.381 e. The first-order valence-corrected chi connectivity index (χ1v) is 4.96. The summed E-state index contributed by atoms with van der Waals surface area (Å²) >= 11 is 3.36. The number of nitrogens with zero attached hydrogens (tertiary/aromatic N) is 1. The Morgan fingerprint density at radius 1 is 1.64 bits per heavy atom. The molecule has 14 heavy (non-hydrogen) atoms. The van der Waals surface area contributed by atoms with Gasteiger partial charge < -0.3 is 10.1 Å². The molecule has 0 aliphatic heterocycles. The van der Waals surface area contributed by atoms with Crippen molar-refractivity contribution in [1.29, 1.82) is 5.26 Å². The predicted octanol–water partition coefficient (Wildman–Crippen LogP) is 2.40. The van der Waals surface area contributed by atoms with E-state index in [1.165, 1.54) is 0 Å². The van der Waals surface area contributed by atoms with Gasteiger partial charge in [-0.25, -0.2) is 0 Å². The minimum Gasteiger partial charge on any atom is -0.381 e. The lowest BCUT2D eigenvalue weighted by molar-refractivity contribution is 0.198. The molecule has 0 aliphatic carbocycles. The highest BCUT2D eigenvalue weighted by Crippen LogP contribution is 2.16. The minimum absolute atomic E-state index is 0.311. The molecule has 1 rings (SSSR count). The zero-order chi connectivity index (χ0) is 10.4. The molecule has 0 aromatic heterocycles. The second-order valence-electron chi connectivity index (χ2n) is 2.79. The van der Waals surface area contributed by atoms with Crippen LogP contribution in [0.15, 0.2) is 28.7 Å². The molecule has 0 bridgehead atoms. The molecule has 74 valence electrons. The second kappa shape index (κ2) is 5.63. The number of anilines is 1. The summed E-state index contributed by atoms with van der Waals surface area (Å²) in [6.45, 7) is 0.378.